The average molecular weight is 425 g/mol. The van der Waals surface area contributed by atoms with Crippen LogP contribution >= 0.6 is 11.6 Å². The Bertz CT molecular complexity index is 1200. The van der Waals surface area contributed by atoms with Crippen molar-refractivity contribution in [3.8, 4) is 5.75 Å². The van der Waals surface area contributed by atoms with Crippen LogP contribution in [0.1, 0.15) is 24.2 Å². The van der Waals surface area contributed by atoms with Crippen LogP contribution in [0.3, 0.4) is 0 Å². The minimum absolute atomic E-state index is 0.217. The standard InChI is InChI=1S/C23H19ClFN3O2/c1-14(29)16-5-7-21-19(10-16)23(27-13-26-21)28-18-6-8-22(20(24)11-18)30-12-15-3-2-4-17(25)9-15/h2-11,13-14,29H,12H2,1H3,(H,26,27,28)/p+1. The molecule has 0 aliphatic carbocycles. The molecule has 0 amide bonds. The first-order valence-corrected chi connectivity index (χ1v) is 9.79. The van der Waals surface area contributed by atoms with E-state index in [2.05, 4.69) is 15.3 Å². The molecule has 30 heavy (non-hydrogen) atoms. The van der Waals surface area contributed by atoms with Gasteiger partial charge in [-0.15, -0.1) is 4.98 Å². The van der Waals surface area contributed by atoms with Gasteiger partial charge in [-0.25, -0.2) is 9.37 Å². The third kappa shape index (κ3) is 4.50. The summed E-state index contributed by atoms with van der Waals surface area (Å²) in [7, 11) is 0. The lowest BCUT2D eigenvalue weighted by Gasteiger charge is -2.10. The summed E-state index contributed by atoms with van der Waals surface area (Å²) in [6.45, 7) is 1.94. The van der Waals surface area contributed by atoms with E-state index in [1.165, 1.54) is 12.1 Å². The Morgan fingerprint density at radius 1 is 1.17 bits per heavy atom. The topological polar surface area (TPSA) is 68.5 Å². The second-order valence-electron chi connectivity index (χ2n) is 6.92. The second kappa shape index (κ2) is 8.65. The van der Waals surface area contributed by atoms with Gasteiger partial charge in [0.1, 0.15) is 18.2 Å². The summed E-state index contributed by atoms with van der Waals surface area (Å²) in [5, 5.41) is 14.4. The van der Waals surface area contributed by atoms with Crippen LogP contribution in [0.25, 0.3) is 10.9 Å². The number of H-pyrrole nitrogens is 1. The van der Waals surface area contributed by atoms with Gasteiger partial charge < -0.3 is 9.84 Å². The number of aromatic amines is 1. The highest BCUT2D eigenvalue weighted by Gasteiger charge is 2.13. The maximum Gasteiger partial charge on any atom is 0.234 e. The highest BCUT2D eigenvalue weighted by Crippen LogP contribution is 2.31. The van der Waals surface area contributed by atoms with E-state index in [0.29, 0.717) is 10.8 Å². The van der Waals surface area contributed by atoms with Crippen LogP contribution in [0.5, 0.6) is 5.75 Å². The SMILES string of the molecule is CC(O)c1ccc2nc[nH+]c(Nc3ccc(OCc4cccc(F)c4)c(Cl)c3)c2c1. The van der Waals surface area contributed by atoms with Crippen molar-refractivity contribution in [2.24, 2.45) is 0 Å². The normalized spacial score (nSPS) is 12.0. The largest absolute Gasteiger partial charge is 0.487 e. The van der Waals surface area contributed by atoms with Gasteiger partial charge in [-0.1, -0.05) is 29.8 Å². The smallest absolute Gasteiger partial charge is 0.234 e. The fraction of sp³-hybridized carbons (Fsp3) is 0.130. The van der Waals surface area contributed by atoms with E-state index in [4.69, 9.17) is 16.3 Å². The van der Waals surface area contributed by atoms with Crippen LogP contribution in [-0.4, -0.2) is 10.1 Å². The van der Waals surface area contributed by atoms with Crippen LogP contribution in [0.4, 0.5) is 15.9 Å². The Hall–Kier alpha value is -3.22. The summed E-state index contributed by atoms with van der Waals surface area (Å²) in [5.41, 5.74) is 3.07. The van der Waals surface area contributed by atoms with E-state index in [1.807, 2.05) is 24.3 Å². The van der Waals surface area contributed by atoms with Crippen molar-refractivity contribution in [2.45, 2.75) is 19.6 Å². The first kappa shape index (κ1) is 20.1. The Kier molecular flexibility index (Phi) is 5.79. The molecule has 0 radical (unpaired) electrons. The van der Waals surface area contributed by atoms with Crippen LogP contribution in [0.15, 0.2) is 67.0 Å². The molecule has 1 atom stereocenters. The number of hydrogen-bond donors (Lipinski definition) is 2. The Labute approximate surface area is 178 Å². The maximum absolute atomic E-state index is 13.3. The van der Waals surface area contributed by atoms with Crippen LogP contribution in [0, 0.1) is 5.82 Å². The second-order valence-corrected chi connectivity index (χ2v) is 7.33. The van der Waals surface area contributed by atoms with E-state index in [-0.39, 0.29) is 12.4 Å². The number of aliphatic hydroxyl groups excluding tert-OH is 1. The van der Waals surface area contributed by atoms with Crippen molar-refractivity contribution in [1.82, 2.24) is 4.98 Å². The number of aromatic nitrogens is 2. The molecule has 0 saturated heterocycles. The highest BCUT2D eigenvalue weighted by molar-refractivity contribution is 6.32. The van der Waals surface area contributed by atoms with Crippen molar-refractivity contribution in [3.05, 3.63) is 89.0 Å². The maximum atomic E-state index is 13.3. The number of nitrogens with zero attached hydrogens (tertiary/aromatic N) is 1. The van der Waals surface area contributed by atoms with Gasteiger partial charge in [0, 0.05) is 0 Å². The highest BCUT2D eigenvalue weighted by atomic mass is 35.5. The molecule has 152 valence electrons. The van der Waals surface area contributed by atoms with Gasteiger partial charge >= 0.3 is 0 Å². The van der Waals surface area contributed by atoms with Gasteiger partial charge in [0.25, 0.3) is 0 Å². The molecule has 0 bridgehead atoms. The fourth-order valence-corrected chi connectivity index (χ4v) is 3.34. The predicted molar refractivity (Wildman–Crippen MR) is 114 cm³/mol. The monoisotopic (exact) mass is 424 g/mol. The molecule has 1 unspecified atom stereocenters. The quantitative estimate of drug-likeness (QED) is 0.445. The van der Waals surface area contributed by atoms with E-state index in [1.54, 1.807) is 37.5 Å². The Balaban J connectivity index is 1.54. The molecule has 0 spiro atoms. The van der Waals surface area contributed by atoms with E-state index >= 15 is 0 Å². The number of fused-ring (bicyclic) bond motifs is 1. The van der Waals surface area contributed by atoms with Crippen molar-refractivity contribution < 1.29 is 19.2 Å². The predicted octanol–water partition coefficient (Wildman–Crippen LogP) is 5.22. The summed E-state index contributed by atoms with van der Waals surface area (Å²) in [6.07, 6.45) is 1.02. The number of ether oxygens (including phenoxy) is 1. The number of aliphatic hydroxyl groups is 1. The number of rotatable bonds is 6. The zero-order valence-corrected chi connectivity index (χ0v) is 16.9. The minimum atomic E-state index is -0.577. The molecule has 1 heterocycles. The third-order valence-corrected chi connectivity index (χ3v) is 4.96. The minimum Gasteiger partial charge on any atom is -0.487 e. The van der Waals surface area contributed by atoms with E-state index < -0.39 is 6.10 Å². The molecule has 0 fully saturated rings. The first-order valence-electron chi connectivity index (χ1n) is 9.42. The number of benzene rings is 3. The van der Waals surface area contributed by atoms with Gasteiger partial charge in [-0.05, 0) is 60.5 Å². The van der Waals surface area contributed by atoms with Crippen LogP contribution < -0.4 is 15.0 Å². The van der Waals surface area contributed by atoms with Gasteiger partial charge in [0.05, 0.1) is 22.2 Å². The third-order valence-electron chi connectivity index (χ3n) is 4.67. The molecule has 3 N–H and O–H groups in total. The summed E-state index contributed by atoms with van der Waals surface area (Å²) >= 11 is 6.38. The molecule has 4 aromatic rings. The summed E-state index contributed by atoms with van der Waals surface area (Å²) < 4.78 is 19.0. The van der Waals surface area contributed by atoms with Gasteiger partial charge in [-0.3, -0.25) is 5.32 Å². The molecule has 7 heteroatoms. The van der Waals surface area contributed by atoms with Gasteiger partial charge in [0.15, 0.2) is 5.52 Å². The number of hydrogen-bond acceptors (Lipinski definition) is 4. The fourth-order valence-electron chi connectivity index (χ4n) is 3.10. The molecule has 0 saturated carbocycles. The molecular formula is C23H20ClFN3O2+. The molecule has 5 nitrogen and oxygen atoms in total. The molecular weight excluding hydrogens is 405 g/mol. The van der Waals surface area contributed by atoms with E-state index in [9.17, 15) is 9.50 Å². The number of halogens is 2. The van der Waals surface area contributed by atoms with Gasteiger partial charge in [-0.2, -0.15) is 0 Å². The molecule has 1 aromatic heterocycles. The van der Waals surface area contributed by atoms with Crippen molar-refractivity contribution in [1.29, 1.82) is 0 Å². The summed E-state index contributed by atoms with van der Waals surface area (Å²) in [4.78, 5) is 7.42. The molecule has 0 aliphatic rings. The van der Waals surface area contributed by atoms with Gasteiger partial charge in [0.2, 0.25) is 12.1 Å². The zero-order chi connectivity index (χ0) is 21.1. The molecule has 4 rings (SSSR count). The lowest BCUT2D eigenvalue weighted by molar-refractivity contribution is -0.363. The molecule has 0 aliphatic heterocycles. The van der Waals surface area contributed by atoms with Crippen molar-refractivity contribution in [3.63, 3.8) is 0 Å². The Morgan fingerprint density at radius 3 is 2.80 bits per heavy atom. The lowest BCUT2D eigenvalue weighted by atomic mass is 10.1. The lowest BCUT2D eigenvalue weighted by Crippen LogP contribution is -2.11. The van der Waals surface area contributed by atoms with Crippen molar-refractivity contribution in [2.75, 3.05) is 5.32 Å². The number of nitrogens with one attached hydrogen (secondary N) is 2. The van der Waals surface area contributed by atoms with E-state index in [0.717, 1.165) is 33.5 Å². The van der Waals surface area contributed by atoms with Crippen LogP contribution in [-0.2, 0) is 6.61 Å². The summed E-state index contributed by atoms with van der Waals surface area (Å²) in [5.74, 6) is 0.930. The van der Waals surface area contributed by atoms with Crippen molar-refractivity contribution >= 4 is 34.0 Å². The summed E-state index contributed by atoms with van der Waals surface area (Å²) in [6, 6.07) is 17.2. The Morgan fingerprint density at radius 2 is 2.03 bits per heavy atom. The average Bonchev–Trinajstić information content (AvgIpc) is 2.73. The molecule has 3 aromatic carbocycles. The van der Waals surface area contributed by atoms with Crippen LogP contribution in [0.2, 0.25) is 5.02 Å². The first-order chi connectivity index (χ1) is 14.5. The zero-order valence-electron chi connectivity index (χ0n) is 16.2. The number of anilines is 2.